The van der Waals surface area contributed by atoms with Crippen LogP contribution in [-0.2, 0) is 15.0 Å². The molecule has 1 N–H and O–H groups in total. The summed E-state index contributed by atoms with van der Waals surface area (Å²) in [6.45, 7) is 7.10. The predicted octanol–water partition coefficient (Wildman–Crippen LogP) is 6.68. The van der Waals surface area contributed by atoms with Gasteiger partial charge in [-0.3, -0.25) is 14.6 Å². The average Bonchev–Trinajstić information content (AvgIpc) is 3.65. The van der Waals surface area contributed by atoms with Crippen molar-refractivity contribution in [1.29, 1.82) is 0 Å². The number of carbonyl (C=O) groups excluding carboxylic acids is 2. The molecule has 3 aliphatic heterocycles. The molecule has 266 valence electrons. The lowest BCUT2D eigenvalue weighted by Crippen LogP contribution is -2.58. The fraction of sp³-hybridized carbons (Fsp3) is 0.513. The summed E-state index contributed by atoms with van der Waals surface area (Å²) in [7, 11) is 0. The first-order valence-corrected chi connectivity index (χ1v) is 18.6. The maximum Gasteiger partial charge on any atom is 0.260 e. The molecule has 2 aliphatic carbocycles. The number of rotatable bonds is 7. The first kappa shape index (κ1) is 32.5. The zero-order valence-corrected chi connectivity index (χ0v) is 29.2. The van der Waals surface area contributed by atoms with Crippen molar-refractivity contribution in [2.45, 2.75) is 101 Å². The molecule has 0 unspecified atom stereocenters. The van der Waals surface area contributed by atoms with Crippen molar-refractivity contribution in [2.24, 2.45) is 0 Å². The minimum Gasteiger partial charge on any atom is -0.340 e. The molecule has 6 heterocycles. The van der Waals surface area contributed by atoms with Gasteiger partial charge in [-0.1, -0.05) is 18.6 Å². The minimum absolute atomic E-state index is 0.0853. The normalized spacial score (nSPS) is 23.9. The van der Waals surface area contributed by atoms with Gasteiger partial charge in [-0.25, -0.2) is 18.7 Å². The quantitative estimate of drug-likeness (QED) is 0.230. The van der Waals surface area contributed by atoms with Crippen molar-refractivity contribution in [2.75, 3.05) is 36.4 Å². The van der Waals surface area contributed by atoms with Gasteiger partial charge in [-0.15, -0.1) is 0 Å². The molecule has 3 aromatic heterocycles. The molecule has 2 amide bonds. The number of alkyl halides is 1. The zero-order valence-electron chi connectivity index (χ0n) is 29.2. The number of amides is 2. The zero-order chi connectivity index (χ0) is 35.1. The molecule has 4 aromatic rings. The maximum absolute atomic E-state index is 14.8. The average molecular weight is 695 g/mol. The fourth-order valence-electron chi connectivity index (χ4n) is 8.94. The standard InChI is InChI=1S/C39H44F2N8O2/c1-24(2)48-23-43-32-21-31(45-35(34(32)48)44-30-8-13-42-22-29(30)40)25-6-7-28-33(18-25)49(27-19-26(20-27)46-14-4-3-5-15-46)36(50)38(28)11-16-47(17-12-38)37(51)39(41)9-10-39/h6-8,13,18,21-24,26-27H,3-5,9-12,14-17,19-20H2,1-2H3,(H,42,44,45)/t26-,27+. The summed E-state index contributed by atoms with van der Waals surface area (Å²) in [4.78, 5) is 47.6. The van der Waals surface area contributed by atoms with Crippen molar-refractivity contribution in [3.63, 3.8) is 0 Å². The van der Waals surface area contributed by atoms with E-state index < -0.39 is 22.8 Å². The van der Waals surface area contributed by atoms with Crippen molar-refractivity contribution < 1.29 is 18.4 Å². The Morgan fingerprint density at radius 1 is 0.980 bits per heavy atom. The molecule has 10 nitrogen and oxygen atoms in total. The van der Waals surface area contributed by atoms with Crippen LogP contribution < -0.4 is 10.2 Å². The molecule has 12 heteroatoms. The Morgan fingerprint density at radius 3 is 2.45 bits per heavy atom. The van der Waals surface area contributed by atoms with Crippen LogP contribution in [0.15, 0.2) is 49.1 Å². The molecule has 51 heavy (non-hydrogen) atoms. The number of hydrogen-bond donors (Lipinski definition) is 1. The van der Waals surface area contributed by atoms with E-state index in [9.17, 15) is 18.4 Å². The van der Waals surface area contributed by atoms with Crippen LogP contribution in [0.1, 0.15) is 83.2 Å². The number of halogens is 2. The summed E-state index contributed by atoms with van der Waals surface area (Å²) in [6.07, 6.45) is 11.6. The van der Waals surface area contributed by atoms with Gasteiger partial charge in [-0.05, 0) is 102 Å². The summed E-state index contributed by atoms with van der Waals surface area (Å²) in [5.41, 5.74) is 2.64. The minimum atomic E-state index is -1.71. The second-order valence-electron chi connectivity index (χ2n) is 15.6. The monoisotopic (exact) mass is 694 g/mol. The Bertz CT molecular complexity index is 2020. The Labute approximate surface area is 296 Å². The lowest BCUT2D eigenvalue weighted by molar-refractivity contribution is -0.141. The molecule has 2 saturated carbocycles. The third-order valence-corrected chi connectivity index (χ3v) is 12.2. The number of anilines is 3. The Kier molecular flexibility index (Phi) is 7.68. The summed E-state index contributed by atoms with van der Waals surface area (Å²) < 4.78 is 31.6. The van der Waals surface area contributed by atoms with Crippen LogP contribution in [0.25, 0.3) is 22.3 Å². The molecular weight excluding hydrogens is 650 g/mol. The number of benzene rings is 1. The van der Waals surface area contributed by atoms with Gasteiger partial charge in [0.25, 0.3) is 5.91 Å². The third kappa shape index (κ3) is 5.31. The van der Waals surface area contributed by atoms with E-state index in [2.05, 4.69) is 41.2 Å². The molecule has 4 fully saturated rings. The van der Waals surface area contributed by atoms with Gasteiger partial charge < -0.3 is 24.6 Å². The SMILES string of the molecule is CC(C)n1cnc2cc(-c3ccc4c(c3)N([C@H]3C[C@@H](N5CCCCC5)C3)C(=O)C43CCN(C(=O)C4(F)CC4)CC3)nc(Nc3ccncc3F)c21. The van der Waals surface area contributed by atoms with E-state index in [1.165, 1.54) is 31.7 Å². The maximum atomic E-state index is 14.8. The number of fused-ring (bicyclic) bond motifs is 3. The molecule has 0 bridgehead atoms. The van der Waals surface area contributed by atoms with Crippen LogP contribution in [-0.4, -0.2) is 85.1 Å². The molecule has 1 spiro atoms. The summed E-state index contributed by atoms with van der Waals surface area (Å²) in [5.74, 6) is -0.332. The van der Waals surface area contributed by atoms with Gasteiger partial charge >= 0.3 is 0 Å². The molecule has 2 saturated heterocycles. The highest BCUT2D eigenvalue weighted by Gasteiger charge is 2.58. The van der Waals surface area contributed by atoms with E-state index in [1.807, 2.05) is 21.6 Å². The first-order chi connectivity index (χ1) is 24.6. The molecule has 1 aromatic carbocycles. The van der Waals surface area contributed by atoms with Gasteiger partial charge in [-0.2, -0.15) is 0 Å². The largest absolute Gasteiger partial charge is 0.340 e. The number of nitrogens with one attached hydrogen (secondary N) is 1. The number of aromatic nitrogens is 4. The van der Waals surface area contributed by atoms with Crippen molar-refractivity contribution >= 4 is 40.0 Å². The number of nitrogens with zero attached hydrogens (tertiary/aromatic N) is 7. The van der Waals surface area contributed by atoms with Crippen molar-refractivity contribution in [3.8, 4) is 11.3 Å². The number of carbonyl (C=O) groups is 2. The number of imidazole rings is 1. The van der Waals surface area contributed by atoms with Crippen LogP contribution >= 0.6 is 0 Å². The van der Waals surface area contributed by atoms with E-state index in [-0.39, 0.29) is 36.5 Å². The number of likely N-dealkylation sites (tertiary alicyclic amines) is 2. The van der Waals surface area contributed by atoms with Gasteiger partial charge in [0.15, 0.2) is 17.3 Å². The summed E-state index contributed by atoms with van der Waals surface area (Å²) in [5, 5.41) is 3.21. The Hall–Kier alpha value is -4.45. The summed E-state index contributed by atoms with van der Waals surface area (Å²) >= 11 is 0. The van der Waals surface area contributed by atoms with Crippen LogP contribution in [0.2, 0.25) is 0 Å². The van der Waals surface area contributed by atoms with E-state index in [0.29, 0.717) is 43.5 Å². The molecule has 0 atom stereocenters. The smallest absolute Gasteiger partial charge is 0.260 e. The number of hydrogen-bond acceptors (Lipinski definition) is 7. The predicted molar refractivity (Wildman–Crippen MR) is 191 cm³/mol. The van der Waals surface area contributed by atoms with Gasteiger partial charge in [0, 0.05) is 48.7 Å². The highest BCUT2D eigenvalue weighted by molar-refractivity contribution is 6.09. The van der Waals surface area contributed by atoms with Gasteiger partial charge in [0.2, 0.25) is 5.91 Å². The van der Waals surface area contributed by atoms with E-state index in [1.54, 1.807) is 17.3 Å². The van der Waals surface area contributed by atoms with Gasteiger partial charge in [0.1, 0.15) is 5.52 Å². The van der Waals surface area contributed by atoms with E-state index >= 15 is 0 Å². The fourth-order valence-corrected chi connectivity index (χ4v) is 8.94. The van der Waals surface area contributed by atoms with Crippen LogP contribution in [0, 0.1) is 5.82 Å². The molecular formula is C39H44F2N8O2. The number of piperidine rings is 2. The highest BCUT2D eigenvalue weighted by atomic mass is 19.1. The lowest BCUT2D eigenvalue weighted by Gasteiger charge is -2.48. The topological polar surface area (TPSA) is 99.5 Å². The summed E-state index contributed by atoms with van der Waals surface area (Å²) in [6, 6.07) is 10.3. The molecule has 5 aliphatic rings. The van der Waals surface area contributed by atoms with Crippen LogP contribution in [0.4, 0.5) is 26.0 Å². The highest BCUT2D eigenvalue weighted by Crippen LogP contribution is 2.53. The molecule has 9 rings (SSSR count). The lowest BCUT2D eigenvalue weighted by atomic mass is 9.73. The first-order valence-electron chi connectivity index (χ1n) is 18.6. The van der Waals surface area contributed by atoms with E-state index in [0.717, 1.165) is 53.8 Å². The molecule has 0 radical (unpaired) electrons. The Morgan fingerprint density at radius 2 is 1.75 bits per heavy atom. The second-order valence-corrected chi connectivity index (χ2v) is 15.6. The van der Waals surface area contributed by atoms with Crippen LogP contribution in [0.3, 0.4) is 0 Å². The van der Waals surface area contributed by atoms with Gasteiger partial charge in [0.05, 0.1) is 34.8 Å². The van der Waals surface area contributed by atoms with E-state index in [4.69, 9.17) is 9.97 Å². The Balaban J connectivity index is 1.09. The second kappa shape index (κ2) is 12.1. The number of pyridine rings is 2. The van der Waals surface area contributed by atoms with Crippen molar-refractivity contribution in [3.05, 3.63) is 60.4 Å². The third-order valence-electron chi connectivity index (χ3n) is 12.2. The van der Waals surface area contributed by atoms with Crippen LogP contribution in [0.5, 0.6) is 0 Å². The van der Waals surface area contributed by atoms with Crippen molar-refractivity contribution in [1.82, 2.24) is 29.3 Å².